The summed E-state index contributed by atoms with van der Waals surface area (Å²) in [5, 5.41) is 10.2. The number of rotatable bonds is 2. The first kappa shape index (κ1) is 10.8. The van der Waals surface area contributed by atoms with E-state index in [0.717, 1.165) is 6.20 Å². The first-order valence-corrected chi connectivity index (χ1v) is 4.08. The second kappa shape index (κ2) is 3.82. The Morgan fingerprint density at radius 2 is 2.14 bits per heavy atom. The number of halogens is 3. The van der Waals surface area contributed by atoms with E-state index < -0.39 is 28.0 Å². The molecule has 0 aliphatic heterocycles. The van der Waals surface area contributed by atoms with Gasteiger partial charge in [0.25, 0.3) is 11.9 Å². The number of hydrogen-bond acceptors (Lipinski definition) is 3. The maximum absolute atomic E-state index is 12.3. The topological polar surface area (TPSA) is 76.0 Å². The highest BCUT2D eigenvalue weighted by atomic mass is 79.9. The highest BCUT2D eigenvalue weighted by Gasteiger charge is 2.24. The number of nitro groups is 1. The van der Waals surface area contributed by atoms with Crippen LogP contribution < -0.4 is 5.43 Å². The molecule has 1 heterocycles. The van der Waals surface area contributed by atoms with Crippen LogP contribution in [0.15, 0.2) is 15.6 Å². The molecule has 0 aliphatic rings. The normalized spacial score (nSPS) is 10.6. The highest BCUT2D eigenvalue weighted by Crippen LogP contribution is 2.23. The molecule has 0 aliphatic carbocycles. The van der Waals surface area contributed by atoms with E-state index in [1.807, 2.05) is 0 Å². The molecule has 8 heteroatoms. The Labute approximate surface area is 84.0 Å². The van der Waals surface area contributed by atoms with Crippen molar-refractivity contribution in [2.24, 2.45) is 0 Å². The Morgan fingerprint density at radius 3 is 2.57 bits per heavy atom. The van der Waals surface area contributed by atoms with Crippen LogP contribution in [-0.4, -0.2) is 9.91 Å². The number of pyridine rings is 1. The van der Waals surface area contributed by atoms with Crippen molar-refractivity contribution >= 4 is 21.6 Å². The van der Waals surface area contributed by atoms with Gasteiger partial charge < -0.3 is 4.98 Å². The molecular weight excluding hydrogens is 266 g/mol. The zero-order valence-electron chi connectivity index (χ0n) is 6.46. The standard InChI is InChI=1S/C6H3BrF2N2O3/c7-5-3(6(8)9)4(12)2(1-10-5)11(13)14/h1,6H,(H,10,12). The fourth-order valence-corrected chi connectivity index (χ4v) is 1.31. The van der Waals surface area contributed by atoms with Gasteiger partial charge in [-0.2, -0.15) is 0 Å². The second-order valence-electron chi connectivity index (χ2n) is 2.29. The maximum Gasteiger partial charge on any atom is 0.332 e. The summed E-state index contributed by atoms with van der Waals surface area (Å²) in [5.41, 5.74) is -3.11. The first-order valence-electron chi connectivity index (χ1n) is 3.28. The monoisotopic (exact) mass is 268 g/mol. The van der Waals surface area contributed by atoms with Crippen molar-refractivity contribution in [2.75, 3.05) is 0 Å². The zero-order chi connectivity index (χ0) is 10.9. The van der Waals surface area contributed by atoms with Crippen molar-refractivity contribution in [3.8, 4) is 0 Å². The summed E-state index contributed by atoms with van der Waals surface area (Å²) >= 11 is 2.67. The molecule has 0 unspecified atom stereocenters. The van der Waals surface area contributed by atoms with Crippen molar-refractivity contribution < 1.29 is 13.7 Å². The van der Waals surface area contributed by atoms with Gasteiger partial charge in [-0.25, -0.2) is 8.78 Å². The third-order valence-corrected chi connectivity index (χ3v) is 2.12. The molecule has 5 nitrogen and oxygen atoms in total. The summed E-state index contributed by atoms with van der Waals surface area (Å²) in [7, 11) is 0. The van der Waals surface area contributed by atoms with Gasteiger partial charge in [0, 0.05) is 0 Å². The van der Waals surface area contributed by atoms with E-state index in [1.54, 1.807) is 0 Å². The van der Waals surface area contributed by atoms with E-state index in [4.69, 9.17) is 0 Å². The minimum absolute atomic E-state index is 0.247. The average Bonchev–Trinajstić information content (AvgIpc) is 2.02. The quantitative estimate of drug-likeness (QED) is 0.506. The molecule has 0 aromatic carbocycles. The smallest absolute Gasteiger partial charge is 0.332 e. The van der Waals surface area contributed by atoms with Crippen LogP contribution in [0.4, 0.5) is 14.5 Å². The van der Waals surface area contributed by atoms with Crippen molar-refractivity contribution in [3.63, 3.8) is 0 Å². The second-order valence-corrected chi connectivity index (χ2v) is 3.08. The Hall–Kier alpha value is -1.31. The fraction of sp³-hybridized carbons (Fsp3) is 0.167. The van der Waals surface area contributed by atoms with Crippen molar-refractivity contribution in [1.82, 2.24) is 4.98 Å². The molecule has 1 rings (SSSR count). The summed E-state index contributed by atoms with van der Waals surface area (Å²) in [6.07, 6.45) is -2.30. The van der Waals surface area contributed by atoms with Crippen LogP contribution in [0.3, 0.4) is 0 Å². The SMILES string of the molecule is O=c1c([N+](=O)[O-])c[nH]c(Br)c1C(F)F. The van der Waals surface area contributed by atoms with Gasteiger partial charge >= 0.3 is 5.69 Å². The third-order valence-electron chi connectivity index (χ3n) is 1.46. The van der Waals surface area contributed by atoms with Gasteiger partial charge in [-0.05, 0) is 15.9 Å². The molecule has 0 saturated heterocycles. The van der Waals surface area contributed by atoms with E-state index in [2.05, 4.69) is 20.9 Å². The van der Waals surface area contributed by atoms with Crippen molar-refractivity contribution in [3.05, 3.63) is 36.7 Å². The van der Waals surface area contributed by atoms with Crippen molar-refractivity contribution in [1.29, 1.82) is 0 Å². The van der Waals surface area contributed by atoms with Gasteiger partial charge in [0.2, 0.25) is 0 Å². The number of aromatic amines is 1. The molecule has 0 saturated carbocycles. The first-order chi connectivity index (χ1) is 6.45. The molecule has 0 spiro atoms. The van der Waals surface area contributed by atoms with Gasteiger partial charge in [0.1, 0.15) is 5.56 Å². The van der Waals surface area contributed by atoms with Crippen LogP contribution in [-0.2, 0) is 0 Å². The number of H-pyrrole nitrogens is 1. The summed E-state index contributed by atoms with van der Waals surface area (Å²) in [4.78, 5) is 22.5. The minimum atomic E-state index is -3.06. The molecule has 1 N–H and O–H groups in total. The largest absolute Gasteiger partial charge is 0.350 e. The van der Waals surface area contributed by atoms with E-state index >= 15 is 0 Å². The Balaban J connectivity index is 3.50. The van der Waals surface area contributed by atoms with Crippen LogP contribution >= 0.6 is 15.9 Å². The third kappa shape index (κ3) is 1.79. The molecule has 0 fully saturated rings. The molecule has 0 bridgehead atoms. The molecule has 0 amide bonds. The Morgan fingerprint density at radius 1 is 1.57 bits per heavy atom. The molecule has 14 heavy (non-hydrogen) atoms. The number of nitrogens with zero attached hydrogens (tertiary/aromatic N) is 1. The van der Waals surface area contributed by atoms with Crippen LogP contribution in [0.1, 0.15) is 12.0 Å². The summed E-state index contributed by atoms with van der Waals surface area (Å²) in [6.45, 7) is 0. The predicted molar refractivity (Wildman–Crippen MR) is 46.4 cm³/mol. The lowest BCUT2D eigenvalue weighted by molar-refractivity contribution is -0.386. The molecule has 1 aromatic heterocycles. The number of hydrogen-bond donors (Lipinski definition) is 1. The van der Waals surface area contributed by atoms with Gasteiger partial charge in [-0.15, -0.1) is 0 Å². The maximum atomic E-state index is 12.3. The summed E-state index contributed by atoms with van der Waals surface area (Å²) < 4.78 is 24.3. The zero-order valence-corrected chi connectivity index (χ0v) is 8.05. The predicted octanol–water partition coefficient (Wildman–Crippen LogP) is 1.98. The number of alkyl halides is 2. The minimum Gasteiger partial charge on any atom is -0.350 e. The van der Waals surface area contributed by atoms with Gasteiger partial charge in [0.15, 0.2) is 0 Å². The van der Waals surface area contributed by atoms with E-state index in [1.165, 1.54) is 0 Å². The molecule has 1 aromatic rings. The lowest BCUT2D eigenvalue weighted by Gasteiger charge is -2.00. The van der Waals surface area contributed by atoms with Crippen LogP contribution in [0.25, 0.3) is 0 Å². The fourth-order valence-electron chi connectivity index (χ4n) is 0.843. The van der Waals surface area contributed by atoms with Gasteiger partial charge in [0.05, 0.1) is 15.7 Å². The van der Waals surface area contributed by atoms with Gasteiger partial charge in [-0.3, -0.25) is 14.9 Å². The van der Waals surface area contributed by atoms with E-state index in [9.17, 15) is 23.7 Å². The molecule has 0 radical (unpaired) electrons. The Kier molecular flexibility index (Phi) is 2.94. The Bertz CT molecular complexity index is 432. The highest BCUT2D eigenvalue weighted by molar-refractivity contribution is 9.10. The van der Waals surface area contributed by atoms with Crippen LogP contribution in [0.5, 0.6) is 0 Å². The lowest BCUT2D eigenvalue weighted by atomic mass is 10.2. The van der Waals surface area contributed by atoms with Crippen LogP contribution in [0.2, 0.25) is 0 Å². The lowest BCUT2D eigenvalue weighted by Crippen LogP contribution is -2.15. The number of nitrogens with one attached hydrogen (secondary N) is 1. The van der Waals surface area contributed by atoms with E-state index in [-0.39, 0.29) is 4.60 Å². The average molecular weight is 269 g/mol. The van der Waals surface area contributed by atoms with Crippen molar-refractivity contribution in [2.45, 2.75) is 6.43 Å². The number of aromatic nitrogens is 1. The molecule has 0 atom stereocenters. The summed E-state index contributed by atoms with van der Waals surface area (Å²) in [5.74, 6) is 0. The molecule has 76 valence electrons. The van der Waals surface area contributed by atoms with E-state index in [0.29, 0.717) is 0 Å². The molecular formula is C6H3BrF2N2O3. The van der Waals surface area contributed by atoms with Crippen LogP contribution in [0, 0.1) is 10.1 Å². The van der Waals surface area contributed by atoms with Gasteiger partial charge in [-0.1, -0.05) is 0 Å². The summed E-state index contributed by atoms with van der Waals surface area (Å²) in [6, 6.07) is 0.